The maximum absolute atomic E-state index is 10.8. The predicted octanol–water partition coefficient (Wildman–Crippen LogP) is 3.65. The van der Waals surface area contributed by atoms with Crippen LogP contribution >= 0.6 is 0 Å². The molecule has 0 fully saturated rings. The Bertz CT molecular complexity index is 380. The first-order chi connectivity index (χ1) is 11.4. The highest BCUT2D eigenvalue weighted by atomic mass is 16.6. The molecular weight excluding hydrogens is 304 g/mol. The Labute approximate surface area is 146 Å². The van der Waals surface area contributed by atoms with Gasteiger partial charge in [0.25, 0.3) is 0 Å². The second-order valence-corrected chi connectivity index (χ2v) is 6.18. The van der Waals surface area contributed by atoms with E-state index in [1.165, 1.54) is 0 Å². The monoisotopic (exact) mass is 338 g/mol. The van der Waals surface area contributed by atoms with Crippen molar-refractivity contribution in [3.05, 3.63) is 50.6 Å². The van der Waals surface area contributed by atoms with Crippen molar-refractivity contribution >= 4 is 0 Å². The molecule has 3 N–H and O–H groups in total. The molecule has 0 amide bonds. The molecule has 0 aromatic carbocycles. The van der Waals surface area contributed by atoms with Crippen LogP contribution in [0.4, 0.5) is 0 Å². The average molecular weight is 338 g/mol. The van der Waals surface area contributed by atoms with Crippen LogP contribution in [0.1, 0.15) is 51.4 Å². The maximum Gasteiger partial charge on any atom is 0.169 e. The van der Waals surface area contributed by atoms with Gasteiger partial charge in [0, 0.05) is 12.8 Å². The molecule has 0 bridgehead atoms. The van der Waals surface area contributed by atoms with Gasteiger partial charge in [-0.25, -0.2) is 0 Å². The fourth-order valence-corrected chi connectivity index (χ4v) is 2.55. The first-order valence-electron chi connectivity index (χ1n) is 8.60. The van der Waals surface area contributed by atoms with Gasteiger partial charge in [0.1, 0.15) is 0 Å². The van der Waals surface area contributed by atoms with Crippen LogP contribution in [0.5, 0.6) is 0 Å². The molecule has 0 aliphatic rings. The molecule has 138 valence electrons. The van der Waals surface area contributed by atoms with Gasteiger partial charge >= 0.3 is 0 Å². The van der Waals surface area contributed by atoms with Crippen molar-refractivity contribution in [1.82, 2.24) is 0 Å². The lowest BCUT2D eigenvalue weighted by Gasteiger charge is -2.33. The second kappa shape index (κ2) is 13.1. The molecule has 0 aromatic rings. The van der Waals surface area contributed by atoms with E-state index in [4.69, 9.17) is 4.74 Å². The van der Waals surface area contributed by atoms with Gasteiger partial charge in [-0.3, -0.25) is 0 Å². The van der Waals surface area contributed by atoms with Crippen LogP contribution in [0.25, 0.3) is 0 Å². The van der Waals surface area contributed by atoms with E-state index < -0.39 is 18.0 Å². The molecule has 0 aliphatic carbocycles. The van der Waals surface area contributed by atoms with Crippen LogP contribution in [-0.4, -0.2) is 39.4 Å². The minimum Gasteiger partial charge on any atom is -0.393 e. The molecule has 0 rings (SSSR count). The van der Waals surface area contributed by atoms with Crippen LogP contribution < -0.4 is 0 Å². The number of ether oxygens (including phenoxy) is 1. The molecule has 4 heteroatoms. The zero-order valence-electron chi connectivity index (χ0n) is 14.8. The third kappa shape index (κ3) is 10.6. The van der Waals surface area contributed by atoms with Crippen molar-refractivity contribution < 1.29 is 20.1 Å². The van der Waals surface area contributed by atoms with E-state index in [1.54, 1.807) is 24.3 Å². The highest BCUT2D eigenvalue weighted by molar-refractivity contribution is 4.85. The summed E-state index contributed by atoms with van der Waals surface area (Å²) in [6.45, 7) is 14.6. The third-order valence-electron chi connectivity index (χ3n) is 3.85. The van der Waals surface area contributed by atoms with E-state index in [1.807, 2.05) is 0 Å². The fourth-order valence-electron chi connectivity index (χ4n) is 2.55. The third-order valence-corrected chi connectivity index (χ3v) is 3.85. The van der Waals surface area contributed by atoms with Crippen molar-refractivity contribution in [2.75, 3.05) is 0 Å². The summed E-state index contributed by atoms with van der Waals surface area (Å²) in [5, 5.41) is 30.4. The second-order valence-electron chi connectivity index (χ2n) is 6.18. The molecule has 0 spiro atoms. The van der Waals surface area contributed by atoms with Crippen LogP contribution in [-0.2, 0) is 4.74 Å². The van der Waals surface area contributed by atoms with Crippen LogP contribution in [0.3, 0.4) is 0 Å². The zero-order chi connectivity index (χ0) is 18.4. The topological polar surface area (TPSA) is 69.9 Å². The van der Waals surface area contributed by atoms with Gasteiger partial charge in [0.2, 0.25) is 0 Å². The molecular formula is C20H34O4. The lowest BCUT2D eigenvalue weighted by atomic mass is 10.0. The SMILES string of the molecule is C=CCC(O)CCC(CC=C)OC(O)(CC=C)CCC(O)CC=C. The molecule has 24 heavy (non-hydrogen) atoms. The van der Waals surface area contributed by atoms with Crippen molar-refractivity contribution in [2.45, 2.75) is 75.5 Å². The van der Waals surface area contributed by atoms with Gasteiger partial charge < -0.3 is 20.1 Å². The fraction of sp³-hybridized carbons (Fsp3) is 0.600. The summed E-state index contributed by atoms with van der Waals surface area (Å²) in [7, 11) is 0. The summed E-state index contributed by atoms with van der Waals surface area (Å²) in [6, 6.07) is 0. The van der Waals surface area contributed by atoms with Gasteiger partial charge in [-0.2, -0.15) is 0 Å². The molecule has 0 saturated heterocycles. The summed E-state index contributed by atoms with van der Waals surface area (Å²) in [6.07, 6.45) is 9.19. The van der Waals surface area contributed by atoms with E-state index in [0.717, 1.165) is 0 Å². The molecule has 4 unspecified atom stereocenters. The minimum atomic E-state index is -1.37. The van der Waals surface area contributed by atoms with Crippen LogP contribution in [0.15, 0.2) is 50.6 Å². The quantitative estimate of drug-likeness (QED) is 0.297. The normalized spacial score (nSPS) is 17.3. The highest BCUT2D eigenvalue weighted by Crippen LogP contribution is 2.26. The number of hydrogen-bond acceptors (Lipinski definition) is 4. The Balaban J connectivity index is 4.71. The summed E-state index contributed by atoms with van der Waals surface area (Å²) in [5.74, 6) is -1.37. The van der Waals surface area contributed by atoms with Gasteiger partial charge in [0.05, 0.1) is 18.3 Å². The summed E-state index contributed by atoms with van der Waals surface area (Å²) in [5.41, 5.74) is 0. The molecule has 0 aromatic heterocycles. The van der Waals surface area contributed by atoms with E-state index in [0.29, 0.717) is 44.9 Å². The molecule has 4 atom stereocenters. The van der Waals surface area contributed by atoms with Crippen molar-refractivity contribution in [3.63, 3.8) is 0 Å². The lowest BCUT2D eigenvalue weighted by molar-refractivity contribution is -0.235. The largest absolute Gasteiger partial charge is 0.393 e. The Morgan fingerprint density at radius 2 is 1.33 bits per heavy atom. The summed E-state index contributed by atoms with van der Waals surface area (Å²) in [4.78, 5) is 0. The predicted molar refractivity (Wildman–Crippen MR) is 99.6 cm³/mol. The van der Waals surface area contributed by atoms with E-state index >= 15 is 0 Å². The molecule has 0 radical (unpaired) electrons. The zero-order valence-corrected chi connectivity index (χ0v) is 14.8. The van der Waals surface area contributed by atoms with Gasteiger partial charge in [-0.15, -0.1) is 26.3 Å². The Morgan fingerprint density at radius 1 is 0.792 bits per heavy atom. The first-order valence-corrected chi connectivity index (χ1v) is 8.60. The van der Waals surface area contributed by atoms with Gasteiger partial charge in [-0.1, -0.05) is 24.3 Å². The molecule has 4 nitrogen and oxygen atoms in total. The van der Waals surface area contributed by atoms with Crippen molar-refractivity contribution in [2.24, 2.45) is 0 Å². The number of aliphatic hydroxyl groups excluding tert-OH is 2. The highest BCUT2D eigenvalue weighted by Gasteiger charge is 2.30. The molecule has 0 saturated carbocycles. The smallest absolute Gasteiger partial charge is 0.169 e. The maximum atomic E-state index is 10.8. The average Bonchev–Trinajstić information content (AvgIpc) is 2.52. The van der Waals surface area contributed by atoms with Crippen LogP contribution in [0.2, 0.25) is 0 Å². The lowest BCUT2D eigenvalue weighted by Crippen LogP contribution is -2.37. The number of aliphatic hydroxyl groups is 3. The Hall–Kier alpha value is -1.20. The van der Waals surface area contributed by atoms with E-state index in [2.05, 4.69) is 26.3 Å². The van der Waals surface area contributed by atoms with E-state index in [-0.39, 0.29) is 12.5 Å². The first kappa shape index (κ1) is 22.8. The van der Waals surface area contributed by atoms with Gasteiger partial charge in [0.15, 0.2) is 5.79 Å². The molecule has 0 aliphatic heterocycles. The van der Waals surface area contributed by atoms with Crippen molar-refractivity contribution in [1.29, 1.82) is 0 Å². The standard InChI is InChI=1S/C20H34O4/c1-5-9-17(21)12-13-19(11-7-3)24-20(23,15-8-4)16-14-18(22)10-6-2/h5-8,17-19,21-23H,1-4,9-16H2. The summed E-state index contributed by atoms with van der Waals surface area (Å²) >= 11 is 0. The summed E-state index contributed by atoms with van der Waals surface area (Å²) < 4.78 is 5.92. The Kier molecular flexibility index (Phi) is 12.5. The number of hydrogen-bond donors (Lipinski definition) is 3. The van der Waals surface area contributed by atoms with Gasteiger partial charge in [-0.05, 0) is 38.5 Å². The Morgan fingerprint density at radius 3 is 1.83 bits per heavy atom. The minimum absolute atomic E-state index is 0.247. The van der Waals surface area contributed by atoms with E-state index in [9.17, 15) is 15.3 Å². The van der Waals surface area contributed by atoms with Crippen molar-refractivity contribution in [3.8, 4) is 0 Å². The van der Waals surface area contributed by atoms with Crippen LogP contribution in [0, 0.1) is 0 Å². The number of rotatable bonds is 16. The molecule has 0 heterocycles.